The predicted octanol–water partition coefficient (Wildman–Crippen LogP) is 4.01. The van der Waals surface area contributed by atoms with E-state index in [1.165, 1.54) is 41.3 Å². The Morgan fingerprint density at radius 1 is 1.38 bits per heavy atom. The minimum atomic E-state index is -0.146. The first-order chi connectivity index (χ1) is 10.1. The molecule has 2 fully saturated rings. The van der Waals surface area contributed by atoms with Crippen LogP contribution in [0.1, 0.15) is 68.5 Å². The van der Waals surface area contributed by atoms with Crippen molar-refractivity contribution >= 4 is 11.3 Å². The summed E-state index contributed by atoms with van der Waals surface area (Å²) in [4.78, 5) is 6.43. The summed E-state index contributed by atoms with van der Waals surface area (Å²) < 4.78 is 6.09. The smallest absolute Gasteiger partial charge is 0.125 e. The van der Waals surface area contributed by atoms with E-state index in [4.69, 9.17) is 9.72 Å². The summed E-state index contributed by atoms with van der Waals surface area (Å²) in [6.07, 6.45) is 7.31. The molecule has 3 rings (SSSR count). The van der Waals surface area contributed by atoms with E-state index in [-0.39, 0.29) is 5.60 Å². The van der Waals surface area contributed by atoms with Gasteiger partial charge in [0.05, 0.1) is 5.69 Å². The highest BCUT2D eigenvalue weighted by Gasteiger charge is 2.34. The van der Waals surface area contributed by atoms with Gasteiger partial charge in [0.15, 0.2) is 0 Å². The summed E-state index contributed by atoms with van der Waals surface area (Å²) >= 11 is 1.88. The van der Waals surface area contributed by atoms with Crippen LogP contribution in [0.2, 0.25) is 0 Å². The summed E-state index contributed by atoms with van der Waals surface area (Å²) in [5, 5.41) is 4.84. The number of nitrogens with one attached hydrogen (secondary N) is 1. The molecular weight excluding hydrogens is 280 g/mol. The second-order valence-electron chi connectivity index (χ2n) is 7.18. The largest absolute Gasteiger partial charge is 0.368 e. The fourth-order valence-corrected chi connectivity index (χ4v) is 4.09. The van der Waals surface area contributed by atoms with Crippen molar-refractivity contribution in [1.29, 1.82) is 0 Å². The van der Waals surface area contributed by atoms with E-state index >= 15 is 0 Å². The summed E-state index contributed by atoms with van der Waals surface area (Å²) in [6, 6.07) is 0.754. The first kappa shape index (κ1) is 15.4. The number of hydrogen-bond acceptors (Lipinski definition) is 4. The number of hydrogen-bond donors (Lipinski definition) is 1. The van der Waals surface area contributed by atoms with Crippen LogP contribution >= 0.6 is 11.3 Å². The Balaban J connectivity index is 1.79. The van der Waals surface area contributed by atoms with Crippen LogP contribution in [0.3, 0.4) is 0 Å². The molecular formula is C17H28N2OS. The SMILES string of the molecule is CC(C)Cc1nc(C2(C)CCCCO2)sc1CNC1CC1. The number of thiazole rings is 1. The maximum atomic E-state index is 6.09. The Kier molecular flexibility index (Phi) is 4.67. The molecule has 2 aliphatic rings. The third-order valence-electron chi connectivity index (χ3n) is 4.43. The van der Waals surface area contributed by atoms with Gasteiger partial charge in [0, 0.05) is 24.1 Å². The molecule has 0 aromatic carbocycles. The van der Waals surface area contributed by atoms with Crippen LogP contribution in [-0.4, -0.2) is 17.6 Å². The van der Waals surface area contributed by atoms with Crippen LogP contribution in [0.25, 0.3) is 0 Å². The fraction of sp³-hybridized carbons (Fsp3) is 0.824. The zero-order chi connectivity index (χ0) is 14.9. The molecule has 0 amide bonds. The summed E-state index contributed by atoms with van der Waals surface area (Å²) in [7, 11) is 0. The van der Waals surface area contributed by atoms with Gasteiger partial charge in [-0.3, -0.25) is 0 Å². The van der Waals surface area contributed by atoms with Gasteiger partial charge in [-0.05, 0) is 51.4 Å². The van der Waals surface area contributed by atoms with Crippen molar-refractivity contribution in [2.75, 3.05) is 6.61 Å². The van der Waals surface area contributed by atoms with E-state index < -0.39 is 0 Å². The molecule has 0 radical (unpaired) electrons. The molecule has 1 saturated heterocycles. The van der Waals surface area contributed by atoms with Crippen LogP contribution in [0.5, 0.6) is 0 Å². The number of rotatable bonds is 6. The van der Waals surface area contributed by atoms with Crippen molar-refractivity contribution in [3.63, 3.8) is 0 Å². The lowest BCUT2D eigenvalue weighted by Crippen LogP contribution is -2.30. The van der Waals surface area contributed by atoms with Crippen LogP contribution in [0.4, 0.5) is 0 Å². The Morgan fingerprint density at radius 3 is 2.81 bits per heavy atom. The maximum absolute atomic E-state index is 6.09. The zero-order valence-corrected chi connectivity index (χ0v) is 14.4. The van der Waals surface area contributed by atoms with Gasteiger partial charge in [0.25, 0.3) is 0 Å². The molecule has 4 heteroatoms. The van der Waals surface area contributed by atoms with E-state index in [0.717, 1.165) is 32.0 Å². The van der Waals surface area contributed by atoms with E-state index in [2.05, 4.69) is 26.1 Å². The number of aromatic nitrogens is 1. The van der Waals surface area contributed by atoms with E-state index in [9.17, 15) is 0 Å². The van der Waals surface area contributed by atoms with Gasteiger partial charge in [-0.2, -0.15) is 0 Å². The fourth-order valence-electron chi connectivity index (χ4n) is 2.92. The van der Waals surface area contributed by atoms with Crippen molar-refractivity contribution < 1.29 is 4.74 Å². The molecule has 3 nitrogen and oxygen atoms in total. The minimum Gasteiger partial charge on any atom is -0.368 e. The highest BCUT2D eigenvalue weighted by Crippen LogP contribution is 2.38. The molecule has 0 spiro atoms. The van der Waals surface area contributed by atoms with E-state index in [1.54, 1.807) is 0 Å². The molecule has 1 unspecified atom stereocenters. The average Bonchev–Trinajstić information content (AvgIpc) is 3.18. The first-order valence-electron chi connectivity index (χ1n) is 8.43. The molecule has 118 valence electrons. The number of ether oxygens (including phenoxy) is 1. The lowest BCUT2D eigenvalue weighted by molar-refractivity contribution is -0.0702. The highest BCUT2D eigenvalue weighted by atomic mass is 32.1. The van der Waals surface area contributed by atoms with Gasteiger partial charge < -0.3 is 10.1 Å². The Hall–Kier alpha value is -0.450. The summed E-state index contributed by atoms with van der Waals surface area (Å²) in [6.45, 7) is 8.64. The third-order valence-corrected chi connectivity index (χ3v) is 5.77. The van der Waals surface area contributed by atoms with Crippen LogP contribution in [0, 0.1) is 5.92 Å². The van der Waals surface area contributed by atoms with Gasteiger partial charge in [0.2, 0.25) is 0 Å². The number of nitrogens with zero attached hydrogens (tertiary/aromatic N) is 1. The predicted molar refractivity (Wildman–Crippen MR) is 87.7 cm³/mol. The molecule has 1 aromatic rings. The Morgan fingerprint density at radius 2 is 2.19 bits per heavy atom. The normalized spacial score (nSPS) is 26.5. The maximum Gasteiger partial charge on any atom is 0.125 e. The van der Waals surface area contributed by atoms with Crippen molar-refractivity contribution in [3.05, 3.63) is 15.6 Å². The van der Waals surface area contributed by atoms with Crippen molar-refractivity contribution in [2.45, 2.75) is 77.5 Å². The lowest BCUT2D eigenvalue weighted by atomic mass is 9.96. The van der Waals surface area contributed by atoms with Crippen molar-refractivity contribution in [3.8, 4) is 0 Å². The average molecular weight is 308 g/mol. The first-order valence-corrected chi connectivity index (χ1v) is 9.25. The summed E-state index contributed by atoms with van der Waals surface area (Å²) in [5.41, 5.74) is 1.15. The van der Waals surface area contributed by atoms with Crippen LogP contribution < -0.4 is 5.32 Å². The van der Waals surface area contributed by atoms with Crippen molar-refractivity contribution in [2.24, 2.45) is 5.92 Å². The van der Waals surface area contributed by atoms with Gasteiger partial charge in [-0.25, -0.2) is 4.98 Å². The second kappa shape index (κ2) is 6.35. The third kappa shape index (κ3) is 3.85. The molecule has 21 heavy (non-hydrogen) atoms. The molecule has 1 aromatic heterocycles. The van der Waals surface area contributed by atoms with Crippen LogP contribution in [0.15, 0.2) is 0 Å². The zero-order valence-electron chi connectivity index (χ0n) is 13.6. The highest BCUT2D eigenvalue weighted by molar-refractivity contribution is 7.11. The molecule has 0 bridgehead atoms. The molecule has 1 atom stereocenters. The quantitative estimate of drug-likeness (QED) is 0.862. The Labute approximate surface area is 132 Å². The molecule has 2 heterocycles. The molecule has 1 saturated carbocycles. The van der Waals surface area contributed by atoms with Crippen LogP contribution in [-0.2, 0) is 23.3 Å². The second-order valence-corrected chi connectivity index (χ2v) is 8.26. The van der Waals surface area contributed by atoms with Crippen molar-refractivity contribution in [1.82, 2.24) is 10.3 Å². The van der Waals surface area contributed by atoms with Gasteiger partial charge in [0.1, 0.15) is 10.6 Å². The standard InChI is InChI=1S/C17H28N2OS/c1-12(2)10-14-15(11-18-13-6-7-13)21-16(19-14)17(3)8-4-5-9-20-17/h12-13,18H,4-11H2,1-3H3. The lowest BCUT2D eigenvalue weighted by Gasteiger charge is -2.31. The Bertz CT molecular complexity index is 473. The summed E-state index contributed by atoms with van der Waals surface area (Å²) in [5.74, 6) is 0.653. The van der Waals surface area contributed by atoms with E-state index in [1.807, 2.05) is 11.3 Å². The van der Waals surface area contributed by atoms with Gasteiger partial charge in [-0.1, -0.05) is 13.8 Å². The minimum absolute atomic E-state index is 0.146. The molecule has 1 aliphatic carbocycles. The van der Waals surface area contributed by atoms with Gasteiger partial charge >= 0.3 is 0 Å². The molecule has 1 N–H and O–H groups in total. The van der Waals surface area contributed by atoms with Gasteiger partial charge in [-0.15, -0.1) is 11.3 Å². The topological polar surface area (TPSA) is 34.1 Å². The van der Waals surface area contributed by atoms with E-state index in [0.29, 0.717) is 5.92 Å². The molecule has 1 aliphatic heterocycles. The monoisotopic (exact) mass is 308 g/mol.